The number of hydrogen-bond donors (Lipinski definition) is 1. The third kappa shape index (κ3) is 1.61. The van der Waals surface area contributed by atoms with Crippen molar-refractivity contribution in [3.8, 4) is 0 Å². The summed E-state index contributed by atoms with van der Waals surface area (Å²) in [5, 5.41) is 0. The minimum atomic E-state index is 0.421. The fourth-order valence-corrected chi connectivity index (χ4v) is 2.86. The predicted octanol–water partition coefficient (Wildman–Crippen LogP) is 3.12. The lowest BCUT2D eigenvalue weighted by Crippen LogP contribution is -2.31. The van der Waals surface area contributed by atoms with Crippen LogP contribution in [0.25, 0.3) is 11.0 Å². The van der Waals surface area contributed by atoms with Crippen LogP contribution in [0, 0.1) is 12.3 Å². The summed E-state index contributed by atoms with van der Waals surface area (Å²) in [6.45, 7) is 5.48. The van der Waals surface area contributed by atoms with Crippen LogP contribution < -0.4 is 5.73 Å². The number of imidazole rings is 1. The van der Waals surface area contributed by atoms with Crippen molar-refractivity contribution in [3.05, 3.63) is 23.8 Å². The van der Waals surface area contributed by atoms with Crippen LogP contribution in [-0.2, 0) is 6.54 Å². The lowest BCUT2D eigenvalue weighted by molar-refractivity contribution is 0.135. The minimum absolute atomic E-state index is 0.421. The summed E-state index contributed by atoms with van der Waals surface area (Å²) >= 11 is 0. The molecule has 1 aliphatic carbocycles. The zero-order chi connectivity index (χ0) is 12.0. The van der Waals surface area contributed by atoms with Gasteiger partial charge in [-0.2, -0.15) is 0 Å². The summed E-state index contributed by atoms with van der Waals surface area (Å²) in [5.41, 5.74) is 9.97. The molecule has 0 unspecified atom stereocenters. The van der Waals surface area contributed by atoms with E-state index in [9.17, 15) is 0 Å². The first-order valence-electron chi connectivity index (χ1n) is 6.30. The van der Waals surface area contributed by atoms with Crippen molar-refractivity contribution in [1.29, 1.82) is 0 Å². The van der Waals surface area contributed by atoms with Crippen LogP contribution in [0.5, 0.6) is 0 Å². The second-order valence-electron chi connectivity index (χ2n) is 5.66. The van der Waals surface area contributed by atoms with Crippen LogP contribution in [0.1, 0.15) is 31.7 Å². The summed E-state index contributed by atoms with van der Waals surface area (Å²) in [4.78, 5) is 4.46. The van der Waals surface area contributed by atoms with Gasteiger partial charge in [-0.3, -0.25) is 0 Å². The summed E-state index contributed by atoms with van der Waals surface area (Å²) in [5.74, 6) is 0.655. The molecule has 1 aliphatic rings. The first-order chi connectivity index (χ1) is 8.09. The molecule has 1 heterocycles. The van der Waals surface area contributed by atoms with Gasteiger partial charge in [0.2, 0.25) is 5.95 Å². The quantitative estimate of drug-likeness (QED) is 0.859. The number of hydrogen-bond acceptors (Lipinski definition) is 2. The molecule has 90 valence electrons. The molecule has 17 heavy (non-hydrogen) atoms. The topological polar surface area (TPSA) is 43.8 Å². The lowest BCUT2D eigenvalue weighted by atomic mass is 9.70. The van der Waals surface area contributed by atoms with Gasteiger partial charge in [0.15, 0.2) is 0 Å². The number of nitrogens with two attached hydrogens (primary N) is 1. The number of fused-ring (bicyclic) bond motifs is 1. The van der Waals surface area contributed by atoms with Crippen molar-refractivity contribution in [2.24, 2.45) is 5.41 Å². The molecule has 1 saturated carbocycles. The first kappa shape index (κ1) is 10.6. The highest BCUT2D eigenvalue weighted by Gasteiger charge is 2.33. The summed E-state index contributed by atoms with van der Waals surface area (Å²) in [6.07, 6.45) is 3.96. The number of para-hydroxylation sites is 1. The molecule has 1 aromatic heterocycles. The molecule has 3 nitrogen and oxygen atoms in total. The van der Waals surface area contributed by atoms with Crippen LogP contribution in [0.4, 0.5) is 5.95 Å². The van der Waals surface area contributed by atoms with Gasteiger partial charge >= 0.3 is 0 Å². The van der Waals surface area contributed by atoms with Crippen LogP contribution in [0.2, 0.25) is 0 Å². The Labute approximate surface area is 102 Å². The molecule has 2 aromatic rings. The number of aromatic nitrogens is 2. The molecule has 0 spiro atoms. The van der Waals surface area contributed by atoms with Crippen molar-refractivity contribution >= 4 is 17.0 Å². The Morgan fingerprint density at radius 3 is 2.82 bits per heavy atom. The highest BCUT2D eigenvalue weighted by Crippen LogP contribution is 2.42. The molecule has 0 saturated heterocycles. The van der Waals surface area contributed by atoms with Gasteiger partial charge in [-0.15, -0.1) is 0 Å². The van der Waals surface area contributed by atoms with Gasteiger partial charge in [-0.25, -0.2) is 4.98 Å². The molecule has 2 N–H and O–H groups in total. The van der Waals surface area contributed by atoms with E-state index in [0.717, 1.165) is 12.1 Å². The summed E-state index contributed by atoms with van der Waals surface area (Å²) in [6, 6.07) is 6.21. The van der Waals surface area contributed by atoms with Crippen LogP contribution in [0.15, 0.2) is 18.2 Å². The van der Waals surface area contributed by atoms with Gasteiger partial charge in [0.25, 0.3) is 0 Å². The Bertz CT molecular complexity index is 564. The normalized spacial score (nSPS) is 18.2. The standard InChI is InChI=1S/C14H19N3/c1-10-5-3-6-11-12(10)17(13(15)16-11)9-14(2)7-4-8-14/h3,5-6H,4,7-9H2,1-2H3,(H2,15,16). The van der Waals surface area contributed by atoms with E-state index in [1.54, 1.807) is 0 Å². The Balaban J connectivity index is 2.11. The number of aryl methyl sites for hydroxylation is 1. The van der Waals surface area contributed by atoms with E-state index in [2.05, 4.69) is 29.5 Å². The average molecular weight is 229 g/mol. The van der Waals surface area contributed by atoms with Crippen molar-refractivity contribution in [2.45, 2.75) is 39.7 Å². The van der Waals surface area contributed by atoms with Crippen molar-refractivity contribution in [3.63, 3.8) is 0 Å². The highest BCUT2D eigenvalue weighted by atomic mass is 15.2. The zero-order valence-electron chi connectivity index (χ0n) is 10.5. The Hall–Kier alpha value is -1.51. The van der Waals surface area contributed by atoms with E-state index >= 15 is 0 Å². The molecule has 0 bridgehead atoms. The fraction of sp³-hybridized carbons (Fsp3) is 0.500. The van der Waals surface area contributed by atoms with Gasteiger partial charge in [0, 0.05) is 6.54 Å². The fourth-order valence-electron chi connectivity index (χ4n) is 2.86. The number of benzene rings is 1. The second kappa shape index (κ2) is 3.49. The monoisotopic (exact) mass is 229 g/mol. The lowest BCUT2D eigenvalue weighted by Gasteiger charge is -2.39. The van der Waals surface area contributed by atoms with E-state index in [4.69, 9.17) is 5.73 Å². The number of nitrogen functional groups attached to an aromatic ring is 1. The highest BCUT2D eigenvalue weighted by molar-refractivity contribution is 5.81. The number of anilines is 1. The molecule has 3 rings (SSSR count). The van der Waals surface area contributed by atoms with Crippen LogP contribution in [-0.4, -0.2) is 9.55 Å². The Morgan fingerprint density at radius 1 is 1.41 bits per heavy atom. The van der Waals surface area contributed by atoms with Crippen LogP contribution in [0.3, 0.4) is 0 Å². The number of nitrogens with zero attached hydrogens (tertiary/aromatic N) is 2. The number of rotatable bonds is 2. The van der Waals surface area contributed by atoms with E-state index in [0.29, 0.717) is 11.4 Å². The second-order valence-corrected chi connectivity index (χ2v) is 5.66. The maximum Gasteiger partial charge on any atom is 0.201 e. The summed E-state index contributed by atoms with van der Waals surface area (Å²) in [7, 11) is 0. The van der Waals surface area contributed by atoms with Gasteiger partial charge in [0.1, 0.15) is 0 Å². The first-order valence-corrected chi connectivity index (χ1v) is 6.30. The summed E-state index contributed by atoms with van der Waals surface area (Å²) < 4.78 is 2.20. The SMILES string of the molecule is Cc1cccc2nc(N)n(CC3(C)CCC3)c12. The molecule has 3 heteroatoms. The largest absolute Gasteiger partial charge is 0.369 e. The molecule has 0 amide bonds. The third-order valence-corrected chi connectivity index (χ3v) is 4.10. The van der Waals surface area contributed by atoms with Crippen molar-refractivity contribution in [1.82, 2.24) is 9.55 Å². The van der Waals surface area contributed by atoms with Gasteiger partial charge < -0.3 is 10.3 Å². The Kier molecular flexibility index (Phi) is 2.18. The molecule has 1 fully saturated rings. The van der Waals surface area contributed by atoms with E-state index in [-0.39, 0.29) is 0 Å². The van der Waals surface area contributed by atoms with Crippen molar-refractivity contribution in [2.75, 3.05) is 5.73 Å². The molecular formula is C14H19N3. The molecule has 0 aliphatic heterocycles. The molecule has 0 atom stereocenters. The third-order valence-electron chi connectivity index (χ3n) is 4.10. The maximum absolute atomic E-state index is 6.06. The van der Waals surface area contributed by atoms with Crippen molar-refractivity contribution < 1.29 is 0 Å². The maximum atomic E-state index is 6.06. The Morgan fingerprint density at radius 2 is 2.18 bits per heavy atom. The van der Waals surface area contributed by atoms with E-state index in [1.165, 1.54) is 30.3 Å². The average Bonchev–Trinajstić information content (AvgIpc) is 2.54. The predicted molar refractivity (Wildman–Crippen MR) is 70.8 cm³/mol. The minimum Gasteiger partial charge on any atom is -0.369 e. The zero-order valence-corrected chi connectivity index (χ0v) is 10.5. The van der Waals surface area contributed by atoms with E-state index < -0.39 is 0 Å². The van der Waals surface area contributed by atoms with Gasteiger partial charge in [-0.05, 0) is 36.8 Å². The smallest absolute Gasteiger partial charge is 0.201 e. The van der Waals surface area contributed by atoms with Crippen LogP contribution >= 0.6 is 0 Å². The molecule has 1 aromatic carbocycles. The van der Waals surface area contributed by atoms with Gasteiger partial charge in [0.05, 0.1) is 11.0 Å². The molecule has 0 radical (unpaired) electrons. The molecular weight excluding hydrogens is 210 g/mol. The van der Waals surface area contributed by atoms with Gasteiger partial charge in [-0.1, -0.05) is 25.5 Å². The van der Waals surface area contributed by atoms with E-state index in [1.807, 2.05) is 12.1 Å².